The first kappa shape index (κ1) is 12.6. The lowest BCUT2D eigenvalue weighted by Crippen LogP contribution is -2.37. The summed E-state index contributed by atoms with van der Waals surface area (Å²) in [4.78, 5) is 11.4. The highest BCUT2D eigenvalue weighted by atomic mass is 79.9. The summed E-state index contributed by atoms with van der Waals surface area (Å²) in [6.45, 7) is 5.58. The van der Waals surface area contributed by atoms with Crippen LogP contribution >= 0.6 is 15.9 Å². The molecule has 1 rings (SSSR count). The summed E-state index contributed by atoms with van der Waals surface area (Å²) in [7, 11) is 0. The van der Waals surface area contributed by atoms with Crippen LogP contribution in [0.25, 0.3) is 0 Å². The monoisotopic (exact) mass is 275 g/mol. The topological polar surface area (TPSA) is 38.3 Å². The molecule has 1 amide bonds. The van der Waals surface area contributed by atoms with E-state index in [1.807, 2.05) is 26.8 Å². The standard InChI is InChI=1S/C11H18BrNO2/c1-11(2,3)15-10(14)13-9-5-4-8(6-9)7-12/h4-5,8-9H,6-7H2,1-3H3,(H,13,14)/t8-,9+/m0/s1. The van der Waals surface area contributed by atoms with Gasteiger partial charge in [0.1, 0.15) is 5.60 Å². The molecule has 15 heavy (non-hydrogen) atoms. The molecule has 0 aromatic heterocycles. The number of hydrogen-bond acceptors (Lipinski definition) is 2. The number of amides is 1. The zero-order chi connectivity index (χ0) is 11.5. The Kier molecular flexibility index (Phi) is 4.20. The van der Waals surface area contributed by atoms with Crippen molar-refractivity contribution in [1.82, 2.24) is 5.32 Å². The van der Waals surface area contributed by atoms with Crippen molar-refractivity contribution in [2.45, 2.75) is 38.8 Å². The van der Waals surface area contributed by atoms with Gasteiger partial charge in [-0.3, -0.25) is 0 Å². The Labute approximate surface area is 99.4 Å². The second-order valence-corrected chi connectivity index (χ2v) is 5.44. The summed E-state index contributed by atoms with van der Waals surface area (Å²) in [6.07, 6.45) is 4.75. The molecular weight excluding hydrogens is 258 g/mol. The molecule has 1 aliphatic rings. The maximum Gasteiger partial charge on any atom is 0.408 e. The zero-order valence-corrected chi connectivity index (χ0v) is 11.0. The van der Waals surface area contributed by atoms with E-state index in [4.69, 9.17) is 4.74 Å². The van der Waals surface area contributed by atoms with Crippen LogP contribution in [0.3, 0.4) is 0 Å². The van der Waals surface area contributed by atoms with Gasteiger partial charge in [0, 0.05) is 5.33 Å². The molecule has 0 saturated heterocycles. The van der Waals surface area contributed by atoms with Crippen LogP contribution in [0, 0.1) is 5.92 Å². The van der Waals surface area contributed by atoms with Gasteiger partial charge in [0.15, 0.2) is 0 Å². The van der Waals surface area contributed by atoms with Gasteiger partial charge in [-0.1, -0.05) is 28.1 Å². The number of carbonyl (C=O) groups excluding carboxylic acids is 1. The first-order valence-electron chi connectivity index (χ1n) is 5.14. The fourth-order valence-electron chi connectivity index (χ4n) is 1.45. The molecule has 0 spiro atoms. The molecule has 86 valence electrons. The molecule has 0 radical (unpaired) electrons. The van der Waals surface area contributed by atoms with Gasteiger partial charge in [-0.05, 0) is 33.1 Å². The highest BCUT2D eigenvalue weighted by molar-refractivity contribution is 9.09. The summed E-state index contributed by atoms with van der Waals surface area (Å²) >= 11 is 3.42. The molecule has 0 aliphatic heterocycles. The Bertz CT molecular complexity index is 258. The fourth-order valence-corrected chi connectivity index (χ4v) is 1.94. The van der Waals surface area contributed by atoms with Crippen molar-refractivity contribution in [2.24, 2.45) is 5.92 Å². The largest absolute Gasteiger partial charge is 0.444 e. The number of rotatable bonds is 2. The number of ether oxygens (including phenoxy) is 1. The summed E-state index contributed by atoms with van der Waals surface area (Å²) in [5.74, 6) is 0.518. The summed E-state index contributed by atoms with van der Waals surface area (Å²) in [6, 6.07) is 0.113. The quantitative estimate of drug-likeness (QED) is 0.622. The van der Waals surface area contributed by atoms with Crippen molar-refractivity contribution in [3.8, 4) is 0 Å². The molecule has 0 bridgehead atoms. The molecule has 0 unspecified atom stereocenters. The Morgan fingerprint density at radius 1 is 1.53 bits per heavy atom. The van der Waals surface area contributed by atoms with E-state index in [-0.39, 0.29) is 12.1 Å². The molecule has 0 aromatic carbocycles. The number of nitrogens with one attached hydrogen (secondary N) is 1. The number of hydrogen-bond donors (Lipinski definition) is 1. The van der Waals surface area contributed by atoms with Gasteiger partial charge in [0.05, 0.1) is 6.04 Å². The maximum atomic E-state index is 11.4. The van der Waals surface area contributed by atoms with Gasteiger partial charge in [0.2, 0.25) is 0 Å². The third-order valence-corrected chi connectivity index (χ3v) is 2.90. The van der Waals surface area contributed by atoms with Gasteiger partial charge < -0.3 is 10.1 Å². The fraction of sp³-hybridized carbons (Fsp3) is 0.727. The number of alkyl halides is 1. The molecule has 1 aliphatic carbocycles. The average molecular weight is 276 g/mol. The third kappa shape index (κ3) is 4.69. The van der Waals surface area contributed by atoms with Crippen molar-refractivity contribution in [1.29, 1.82) is 0 Å². The predicted octanol–water partition coefficient (Wildman–Crippen LogP) is 2.85. The minimum absolute atomic E-state index is 0.113. The van der Waals surface area contributed by atoms with Gasteiger partial charge in [-0.25, -0.2) is 4.79 Å². The van der Waals surface area contributed by atoms with Crippen molar-refractivity contribution in [2.75, 3.05) is 5.33 Å². The van der Waals surface area contributed by atoms with E-state index in [2.05, 4.69) is 27.3 Å². The van der Waals surface area contributed by atoms with Crippen molar-refractivity contribution < 1.29 is 9.53 Å². The molecule has 0 saturated carbocycles. The van der Waals surface area contributed by atoms with E-state index in [0.29, 0.717) is 5.92 Å². The van der Waals surface area contributed by atoms with Crippen molar-refractivity contribution in [3.63, 3.8) is 0 Å². The maximum absolute atomic E-state index is 11.4. The van der Waals surface area contributed by atoms with E-state index in [1.54, 1.807) is 0 Å². The number of carbonyl (C=O) groups is 1. The van der Waals surface area contributed by atoms with Gasteiger partial charge in [0.25, 0.3) is 0 Å². The highest BCUT2D eigenvalue weighted by Crippen LogP contribution is 2.20. The third-order valence-electron chi connectivity index (χ3n) is 2.07. The van der Waals surface area contributed by atoms with E-state index >= 15 is 0 Å². The summed E-state index contributed by atoms with van der Waals surface area (Å²) in [5.41, 5.74) is -0.429. The van der Waals surface area contributed by atoms with Crippen molar-refractivity contribution in [3.05, 3.63) is 12.2 Å². The minimum atomic E-state index is -0.429. The van der Waals surface area contributed by atoms with Gasteiger partial charge in [-0.15, -0.1) is 0 Å². The first-order chi connectivity index (χ1) is 6.90. The van der Waals surface area contributed by atoms with Crippen LogP contribution in [0.1, 0.15) is 27.2 Å². The molecule has 1 N–H and O–H groups in total. The molecule has 4 heteroatoms. The van der Waals surface area contributed by atoms with E-state index in [0.717, 1.165) is 11.8 Å². The Morgan fingerprint density at radius 3 is 2.67 bits per heavy atom. The second kappa shape index (κ2) is 5.01. The zero-order valence-electron chi connectivity index (χ0n) is 9.42. The predicted molar refractivity (Wildman–Crippen MR) is 64.2 cm³/mol. The lowest BCUT2D eigenvalue weighted by molar-refractivity contribution is 0.0513. The van der Waals surface area contributed by atoms with Crippen LogP contribution in [0.5, 0.6) is 0 Å². The van der Waals surface area contributed by atoms with Gasteiger partial charge in [-0.2, -0.15) is 0 Å². The van der Waals surface area contributed by atoms with Crippen LogP contribution in [0.2, 0.25) is 0 Å². The molecule has 2 atom stereocenters. The SMILES string of the molecule is CC(C)(C)OC(=O)N[C@@H]1C=C[C@H](CBr)C1. The van der Waals surface area contributed by atoms with E-state index in [9.17, 15) is 4.79 Å². The minimum Gasteiger partial charge on any atom is -0.444 e. The Balaban J connectivity index is 2.32. The molecule has 3 nitrogen and oxygen atoms in total. The lowest BCUT2D eigenvalue weighted by Gasteiger charge is -2.21. The number of halogens is 1. The molecule has 0 fully saturated rings. The van der Waals surface area contributed by atoms with E-state index in [1.165, 1.54) is 0 Å². The van der Waals surface area contributed by atoms with Crippen LogP contribution in [-0.4, -0.2) is 23.1 Å². The van der Waals surface area contributed by atoms with Crippen LogP contribution < -0.4 is 5.32 Å². The normalized spacial score (nSPS) is 25.3. The van der Waals surface area contributed by atoms with Gasteiger partial charge >= 0.3 is 6.09 Å². The Hall–Kier alpha value is -0.510. The summed E-state index contributed by atoms with van der Waals surface area (Å²) in [5, 5.41) is 3.77. The highest BCUT2D eigenvalue weighted by Gasteiger charge is 2.22. The first-order valence-corrected chi connectivity index (χ1v) is 6.26. The average Bonchev–Trinajstić information content (AvgIpc) is 2.48. The van der Waals surface area contributed by atoms with Crippen LogP contribution in [0.4, 0.5) is 4.79 Å². The van der Waals surface area contributed by atoms with E-state index < -0.39 is 5.60 Å². The van der Waals surface area contributed by atoms with Crippen molar-refractivity contribution >= 4 is 22.0 Å². The Morgan fingerprint density at radius 2 is 2.20 bits per heavy atom. The number of alkyl carbamates (subject to hydrolysis) is 1. The smallest absolute Gasteiger partial charge is 0.408 e. The van der Waals surface area contributed by atoms with Crippen LogP contribution in [-0.2, 0) is 4.74 Å². The lowest BCUT2D eigenvalue weighted by atomic mass is 10.1. The molecular formula is C11H18BrNO2. The second-order valence-electron chi connectivity index (χ2n) is 4.79. The molecule has 0 heterocycles. The molecule has 0 aromatic rings. The summed E-state index contributed by atoms with van der Waals surface area (Å²) < 4.78 is 5.17. The van der Waals surface area contributed by atoms with Crippen LogP contribution in [0.15, 0.2) is 12.2 Å². The number of allylic oxidation sites excluding steroid dienone is 1.